The van der Waals surface area contributed by atoms with E-state index in [-0.39, 0.29) is 25.4 Å². The molecule has 0 N–H and O–H groups in total. The van der Waals surface area contributed by atoms with Crippen LogP contribution in [0.4, 0.5) is 0 Å². The summed E-state index contributed by atoms with van der Waals surface area (Å²) in [6.07, 6.45) is -0.254. The van der Waals surface area contributed by atoms with Gasteiger partial charge >= 0.3 is 5.97 Å². The number of esters is 1. The van der Waals surface area contributed by atoms with Crippen LogP contribution in [0.25, 0.3) is 11.1 Å². The average molecular weight is 298 g/mol. The van der Waals surface area contributed by atoms with Crippen LogP contribution in [0.3, 0.4) is 0 Å². The minimum absolute atomic E-state index is 0.135. The van der Waals surface area contributed by atoms with Crippen LogP contribution >= 0.6 is 0 Å². The van der Waals surface area contributed by atoms with Gasteiger partial charge in [0.15, 0.2) is 5.78 Å². The molecule has 0 fully saturated rings. The molecule has 0 aliphatic heterocycles. The summed E-state index contributed by atoms with van der Waals surface area (Å²) in [7, 11) is 0. The first-order valence-corrected chi connectivity index (χ1v) is 7.14. The van der Waals surface area contributed by atoms with Gasteiger partial charge in [-0.2, -0.15) is 0 Å². The van der Waals surface area contributed by atoms with Crippen molar-refractivity contribution in [3.05, 3.63) is 54.6 Å². The molecule has 4 nitrogen and oxygen atoms in total. The largest absolute Gasteiger partial charge is 0.486 e. The number of ketones is 1. The van der Waals surface area contributed by atoms with E-state index in [1.807, 2.05) is 42.5 Å². The molecule has 0 saturated carbocycles. The lowest BCUT2D eigenvalue weighted by Crippen LogP contribution is -2.17. The first kappa shape index (κ1) is 15.8. The van der Waals surface area contributed by atoms with Crippen molar-refractivity contribution in [3.63, 3.8) is 0 Å². The van der Waals surface area contributed by atoms with E-state index in [4.69, 9.17) is 9.47 Å². The number of ether oxygens (including phenoxy) is 2. The minimum Gasteiger partial charge on any atom is -0.486 e. The van der Waals surface area contributed by atoms with E-state index in [2.05, 4.69) is 0 Å². The third-order valence-electron chi connectivity index (χ3n) is 3.01. The monoisotopic (exact) mass is 298 g/mol. The Morgan fingerprint density at radius 3 is 2.18 bits per heavy atom. The molecule has 2 aromatic rings. The van der Waals surface area contributed by atoms with E-state index in [1.54, 1.807) is 19.1 Å². The van der Waals surface area contributed by atoms with Gasteiger partial charge in [0.05, 0.1) is 6.61 Å². The molecule has 2 aromatic carbocycles. The van der Waals surface area contributed by atoms with E-state index in [1.165, 1.54) is 0 Å². The normalized spacial score (nSPS) is 10.0. The van der Waals surface area contributed by atoms with Crippen LogP contribution < -0.4 is 4.74 Å². The molecule has 0 heterocycles. The number of hydrogen-bond donors (Lipinski definition) is 0. The third kappa shape index (κ3) is 4.74. The highest BCUT2D eigenvalue weighted by molar-refractivity contribution is 5.96. The van der Waals surface area contributed by atoms with Gasteiger partial charge in [-0.25, -0.2) is 0 Å². The molecule has 0 aliphatic rings. The fourth-order valence-electron chi connectivity index (χ4n) is 1.96. The molecule has 0 aromatic heterocycles. The number of carbonyl (C=O) groups excluding carboxylic acids is 2. The van der Waals surface area contributed by atoms with Crippen LogP contribution in [0.1, 0.15) is 13.3 Å². The topological polar surface area (TPSA) is 52.6 Å². The number of Topliss-reactive ketones (excluding diaryl/α,β-unsaturated/α-hetero) is 1. The fraction of sp³-hybridized carbons (Fsp3) is 0.222. The Kier molecular flexibility index (Phi) is 5.72. The second kappa shape index (κ2) is 7.98. The number of carbonyl (C=O) groups is 2. The highest BCUT2D eigenvalue weighted by atomic mass is 16.5. The summed E-state index contributed by atoms with van der Waals surface area (Å²) in [5, 5.41) is 0. The van der Waals surface area contributed by atoms with Gasteiger partial charge in [-0.1, -0.05) is 42.5 Å². The van der Waals surface area contributed by atoms with Crippen molar-refractivity contribution in [2.75, 3.05) is 13.2 Å². The van der Waals surface area contributed by atoms with Crippen LogP contribution in [0, 0.1) is 0 Å². The molecular formula is C18H18O4. The van der Waals surface area contributed by atoms with Crippen LogP contribution in [-0.4, -0.2) is 25.0 Å². The highest BCUT2D eigenvalue weighted by Crippen LogP contribution is 2.21. The van der Waals surface area contributed by atoms with Gasteiger partial charge in [0.2, 0.25) is 0 Å². The lowest BCUT2D eigenvalue weighted by molar-refractivity contribution is -0.145. The first-order valence-electron chi connectivity index (χ1n) is 7.14. The van der Waals surface area contributed by atoms with Gasteiger partial charge in [-0.3, -0.25) is 9.59 Å². The predicted molar refractivity (Wildman–Crippen MR) is 83.6 cm³/mol. The molecule has 114 valence electrons. The zero-order chi connectivity index (χ0) is 15.8. The Balaban J connectivity index is 1.87. The lowest BCUT2D eigenvalue weighted by atomic mass is 10.1. The summed E-state index contributed by atoms with van der Waals surface area (Å²) >= 11 is 0. The van der Waals surface area contributed by atoms with Crippen molar-refractivity contribution in [1.29, 1.82) is 0 Å². The Morgan fingerprint density at radius 2 is 1.55 bits per heavy atom. The molecule has 0 atom stereocenters. The SMILES string of the molecule is CCOC(=O)CC(=O)COc1ccc(-c2ccccc2)cc1. The summed E-state index contributed by atoms with van der Waals surface area (Å²) in [6.45, 7) is 1.84. The zero-order valence-electron chi connectivity index (χ0n) is 12.5. The molecule has 0 aliphatic carbocycles. The molecule has 0 amide bonds. The Hall–Kier alpha value is -2.62. The standard InChI is InChI=1S/C18H18O4/c1-2-21-18(20)12-16(19)13-22-17-10-8-15(9-11-17)14-6-4-3-5-7-14/h3-11H,2,12-13H2,1H3. The van der Waals surface area contributed by atoms with Gasteiger partial charge in [0.1, 0.15) is 18.8 Å². The highest BCUT2D eigenvalue weighted by Gasteiger charge is 2.11. The average Bonchev–Trinajstić information content (AvgIpc) is 2.54. The number of benzene rings is 2. The Labute approximate surface area is 129 Å². The summed E-state index contributed by atoms with van der Waals surface area (Å²) in [5.41, 5.74) is 2.19. The van der Waals surface area contributed by atoms with Crippen molar-refractivity contribution in [3.8, 4) is 16.9 Å². The Morgan fingerprint density at radius 1 is 0.909 bits per heavy atom. The second-order valence-corrected chi connectivity index (χ2v) is 4.70. The van der Waals surface area contributed by atoms with Crippen LogP contribution in [0.15, 0.2) is 54.6 Å². The van der Waals surface area contributed by atoms with Crippen molar-refractivity contribution >= 4 is 11.8 Å². The Bertz CT molecular complexity index is 617. The molecule has 0 unspecified atom stereocenters. The summed E-state index contributed by atoms with van der Waals surface area (Å²) < 4.78 is 10.1. The maximum Gasteiger partial charge on any atom is 0.313 e. The molecule has 22 heavy (non-hydrogen) atoms. The third-order valence-corrected chi connectivity index (χ3v) is 3.01. The van der Waals surface area contributed by atoms with Gasteiger partial charge in [0.25, 0.3) is 0 Å². The van der Waals surface area contributed by atoms with Crippen molar-refractivity contribution < 1.29 is 19.1 Å². The van der Waals surface area contributed by atoms with E-state index < -0.39 is 5.97 Å². The fourth-order valence-corrected chi connectivity index (χ4v) is 1.96. The molecule has 0 saturated heterocycles. The molecule has 2 rings (SSSR count). The molecular weight excluding hydrogens is 280 g/mol. The summed E-state index contributed by atoms with van der Waals surface area (Å²) in [4.78, 5) is 22.7. The maximum absolute atomic E-state index is 11.6. The van der Waals surface area contributed by atoms with E-state index in [0.717, 1.165) is 11.1 Å². The maximum atomic E-state index is 11.6. The zero-order valence-corrected chi connectivity index (χ0v) is 12.5. The smallest absolute Gasteiger partial charge is 0.313 e. The number of hydrogen-bond acceptors (Lipinski definition) is 4. The summed E-state index contributed by atoms with van der Waals surface area (Å²) in [5.74, 6) is -0.224. The first-order chi connectivity index (χ1) is 10.7. The number of rotatable bonds is 7. The van der Waals surface area contributed by atoms with Gasteiger partial charge in [-0.05, 0) is 30.2 Å². The quantitative estimate of drug-likeness (QED) is 0.581. The minimum atomic E-state index is -0.518. The second-order valence-electron chi connectivity index (χ2n) is 4.70. The van der Waals surface area contributed by atoms with E-state index in [0.29, 0.717) is 5.75 Å². The van der Waals surface area contributed by atoms with Gasteiger partial charge in [-0.15, -0.1) is 0 Å². The van der Waals surface area contributed by atoms with Crippen molar-refractivity contribution in [1.82, 2.24) is 0 Å². The van der Waals surface area contributed by atoms with Crippen molar-refractivity contribution in [2.45, 2.75) is 13.3 Å². The van der Waals surface area contributed by atoms with Crippen LogP contribution in [0.2, 0.25) is 0 Å². The van der Waals surface area contributed by atoms with E-state index >= 15 is 0 Å². The van der Waals surface area contributed by atoms with Gasteiger partial charge < -0.3 is 9.47 Å². The molecule has 0 radical (unpaired) electrons. The van der Waals surface area contributed by atoms with Gasteiger partial charge in [0, 0.05) is 0 Å². The van der Waals surface area contributed by atoms with Crippen LogP contribution in [0.5, 0.6) is 5.75 Å². The lowest BCUT2D eigenvalue weighted by Gasteiger charge is -2.07. The summed E-state index contributed by atoms with van der Waals surface area (Å²) in [6, 6.07) is 17.5. The van der Waals surface area contributed by atoms with Crippen molar-refractivity contribution in [2.24, 2.45) is 0 Å². The molecule has 0 bridgehead atoms. The van der Waals surface area contributed by atoms with Crippen LogP contribution in [-0.2, 0) is 14.3 Å². The molecule has 0 spiro atoms. The molecule has 4 heteroatoms. The van der Waals surface area contributed by atoms with E-state index in [9.17, 15) is 9.59 Å². The predicted octanol–water partition coefficient (Wildman–Crippen LogP) is 3.25.